The molecule has 26 heavy (non-hydrogen) atoms. The lowest BCUT2D eigenvalue weighted by Crippen LogP contribution is -2.43. The van der Waals surface area contributed by atoms with Gasteiger partial charge in [-0.05, 0) is 35.4 Å². The van der Waals surface area contributed by atoms with Gasteiger partial charge in [0.15, 0.2) is 0 Å². The van der Waals surface area contributed by atoms with Crippen molar-refractivity contribution in [2.75, 3.05) is 7.11 Å². The van der Waals surface area contributed by atoms with Crippen LogP contribution in [0, 0.1) is 11.6 Å². The molecular formula is C18H15BrClF2NO3. The predicted octanol–water partition coefficient (Wildman–Crippen LogP) is 3.82. The number of hydrogen-bond donors (Lipinski definition) is 1. The summed E-state index contributed by atoms with van der Waals surface area (Å²) in [5, 5.41) is 2.99. The number of benzene rings is 2. The van der Waals surface area contributed by atoms with E-state index >= 15 is 0 Å². The number of methoxy groups -OCH3 is 1. The number of esters is 1. The van der Waals surface area contributed by atoms with E-state index in [1.165, 1.54) is 13.2 Å². The van der Waals surface area contributed by atoms with Gasteiger partial charge < -0.3 is 10.1 Å². The smallest absolute Gasteiger partial charge is 0.328 e. The van der Waals surface area contributed by atoms with Crippen LogP contribution in [0.4, 0.5) is 8.78 Å². The monoisotopic (exact) mass is 445 g/mol. The summed E-state index contributed by atoms with van der Waals surface area (Å²) >= 11 is 9.32. The van der Waals surface area contributed by atoms with Crippen LogP contribution < -0.4 is 5.32 Å². The van der Waals surface area contributed by atoms with Gasteiger partial charge in [0.25, 0.3) is 0 Å². The Hall–Kier alpha value is -1.99. The second-order valence-corrected chi connectivity index (χ2v) is 6.79. The zero-order chi connectivity index (χ0) is 19.3. The van der Waals surface area contributed by atoms with Crippen molar-refractivity contribution >= 4 is 39.4 Å². The molecular weight excluding hydrogens is 432 g/mol. The maximum Gasteiger partial charge on any atom is 0.328 e. The van der Waals surface area contributed by atoms with E-state index in [-0.39, 0.29) is 18.4 Å². The minimum Gasteiger partial charge on any atom is -0.467 e. The van der Waals surface area contributed by atoms with Crippen LogP contribution >= 0.6 is 27.5 Å². The molecule has 0 spiro atoms. The number of rotatable bonds is 6. The lowest BCUT2D eigenvalue weighted by atomic mass is 10.0. The third kappa shape index (κ3) is 5.51. The van der Waals surface area contributed by atoms with Crippen LogP contribution in [0.2, 0.25) is 5.02 Å². The highest BCUT2D eigenvalue weighted by molar-refractivity contribution is 9.10. The summed E-state index contributed by atoms with van der Waals surface area (Å²) in [6, 6.07) is 7.03. The van der Waals surface area contributed by atoms with E-state index < -0.39 is 29.6 Å². The van der Waals surface area contributed by atoms with Gasteiger partial charge in [-0.25, -0.2) is 13.6 Å². The van der Waals surface area contributed by atoms with Crippen LogP contribution in [-0.4, -0.2) is 25.0 Å². The molecule has 0 aromatic heterocycles. The van der Waals surface area contributed by atoms with Crippen LogP contribution in [0.5, 0.6) is 0 Å². The van der Waals surface area contributed by atoms with Crippen molar-refractivity contribution in [3.05, 3.63) is 68.7 Å². The maximum atomic E-state index is 13.7. The lowest BCUT2D eigenvalue weighted by molar-refractivity contribution is -0.145. The molecule has 0 saturated heterocycles. The molecule has 4 nitrogen and oxygen atoms in total. The van der Waals surface area contributed by atoms with Gasteiger partial charge >= 0.3 is 5.97 Å². The number of carbonyl (C=O) groups is 2. The molecule has 1 atom stereocenters. The van der Waals surface area contributed by atoms with Gasteiger partial charge in [0.1, 0.15) is 17.7 Å². The largest absolute Gasteiger partial charge is 0.467 e. The van der Waals surface area contributed by atoms with Gasteiger partial charge in [-0.2, -0.15) is 0 Å². The van der Waals surface area contributed by atoms with Gasteiger partial charge in [0.2, 0.25) is 5.91 Å². The Morgan fingerprint density at radius 1 is 1.19 bits per heavy atom. The predicted molar refractivity (Wildman–Crippen MR) is 96.9 cm³/mol. The Morgan fingerprint density at radius 3 is 2.58 bits per heavy atom. The molecule has 2 aromatic rings. The molecule has 2 aromatic carbocycles. The minimum absolute atomic E-state index is 0.0245. The van der Waals surface area contributed by atoms with Crippen LogP contribution in [0.15, 0.2) is 40.9 Å². The van der Waals surface area contributed by atoms with E-state index in [1.807, 2.05) is 0 Å². The maximum absolute atomic E-state index is 13.7. The highest BCUT2D eigenvalue weighted by Crippen LogP contribution is 2.22. The van der Waals surface area contributed by atoms with Gasteiger partial charge in [-0.15, -0.1) is 0 Å². The number of nitrogens with one attached hydrogen (secondary N) is 1. The van der Waals surface area contributed by atoms with Gasteiger partial charge in [0, 0.05) is 22.0 Å². The van der Waals surface area contributed by atoms with E-state index in [1.54, 1.807) is 18.2 Å². The Balaban J connectivity index is 2.13. The number of carbonyl (C=O) groups excluding carboxylic acids is 2. The zero-order valence-electron chi connectivity index (χ0n) is 13.7. The second kappa shape index (κ2) is 9.09. The molecule has 0 heterocycles. The molecule has 0 aliphatic heterocycles. The lowest BCUT2D eigenvalue weighted by Gasteiger charge is -2.17. The highest BCUT2D eigenvalue weighted by atomic mass is 79.9. The molecule has 1 N–H and O–H groups in total. The van der Waals surface area contributed by atoms with E-state index in [0.717, 1.165) is 10.5 Å². The average Bonchev–Trinajstić information content (AvgIpc) is 2.59. The molecule has 0 fully saturated rings. The quantitative estimate of drug-likeness (QED) is 0.686. The molecule has 8 heteroatoms. The van der Waals surface area contributed by atoms with Crippen molar-refractivity contribution < 1.29 is 23.1 Å². The molecule has 0 aliphatic rings. The Morgan fingerprint density at radius 2 is 1.92 bits per heavy atom. The summed E-state index contributed by atoms with van der Waals surface area (Å²) in [6.07, 6.45) is -0.207. The average molecular weight is 447 g/mol. The van der Waals surface area contributed by atoms with Crippen molar-refractivity contribution in [3.63, 3.8) is 0 Å². The third-order valence-corrected chi connectivity index (χ3v) is 4.63. The van der Waals surface area contributed by atoms with Gasteiger partial charge in [0.05, 0.1) is 13.5 Å². The summed E-state index contributed by atoms with van der Waals surface area (Å²) in [5.41, 5.74) is 0.720. The fourth-order valence-electron chi connectivity index (χ4n) is 2.34. The molecule has 0 aliphatic carbocycles. The summed E-state index contributed by atoms with van der Waals surface area (Å²) in [4.78, 5) is 24.2. The Kier molecular flexibility index (Phi) is 7.11. The fourth-order valence-corrected chi connectivity index (χ4v) is 2.94. The number of ether oxygens (including phenoxy) is 1. The topological polar surface area (TPSA) is 55.4 Å². The minimum atomic E-state index is -0.981. The molecule has 0 unspecified atom stereocenters. The third-order valence-electron chi connectivity index (χ3n) is 3.62. The summed E-state index contributed by atoms with van der Waals surface area (Å²) in [6.45, 7) is 0. The fraction of sp³-hybridized carbons (Fsp3) is 0.222. The van der Waals surface area contributed by atoms with Crippen LogP contribution in [-0.2, 0) is 27.2 Å². The molecule has 2 rings (SSSR count). The molecule has 138 valence electrons. The normalized spacial score (nSPS) is 11.7. The first kappa shape index (κ1) is 20.3. The molecule has 0 radical (unpaired) electrons. The zero-order valence-corrected chi connectivity index (χ0v) is 16.0. The van der Waals surface area contributed by atoms with E-state index in [9.17, 15) is 18.4 Å². The number of hydrogen-bond acceptors (Lipinski definition) is 3. The Bertz CT molecular complexity index is 832. The van der Waals surface area contributed by atoms with E-state index in [4.69, 9.17) is 16.3 Å². The molecule has 1 amide bonds. The van der Waals surface area contributed by atoms with Crippen molar-refractivity contribution in [2.45, 2.75) is 18.9 Å². The van der Waals surface area contributed by atoms with Crippen LogP contribution in [0.3, 0.4) is 0 Å². The standard InChI is InChI=1S/C18H15BrClF2NO3/c1-26-18(25)16(7-11-6-12(20)3-5-14(11)19)23-17(24)8-10-2-4-13(21)9-15(10)22/h2-6,9,16H,7-8H2,1H3,(H,23,24)/t16-/m1/s1. The van der Waals surface area contributed by atoms with E-state index in [0.29, 0.717) is 16.7 Å². The van der Waals surface area contributed by atoms with Gasteiger partial charge in [-0.3, -0.25) is 4.79 Å². The van der Waals surface area contributed by atoms with Crippen LogP contribution in [0.25, 0.3) is 0 Å². The summed E-state index contributed by atoms with van der Waals surface area (Å²) in [7, 11) is 1.20. The van der Waals surface area contributed by atoms with Crippen LogP contribution in [0.1, 0.15) is 11.1 Å². The van der Waals surface area contributed by atoms with Crippen molar-refractivity contribution in [3.8, 4) is 0 Å². The van der Waals surface area contributed by atoms with Crippen molar-refractivity contribution in [1.29, 1.82) is 0 Å². The van der Waals surface area contributed by atoms with Gasteiger partial charge in [-0.1, -0.05) is 33.6 Å². The highest BCUT2D eigenvalue weighted by Gasteiger charge is 2.23. The molecule has 0 saturated carbocycles. The van der Waals surface area contributed by atoms with Crippen molar-refractivity contribution in [1.82, 2.24) is 5.32 Å². The Labute approximate surface area is 162 Å². The number of amides is 1. The first-order valence-electron chi connectivity index (χ1n) is 7.55. The second-order valence-electron chi connectivity index (χ2n) is 5.50. The first-order chi connectivity index (χ1) is 12.3. The van der Waals surface area contributed by atoms with E-state index in [2.05, 4.69) is 21.2 Å². The number of halogens is 4. The summed E-state index contributed by atoms with van der Waals surface area (Å²) < 4.78 is 32.1. The summed E-state index contributed by atoms with van der Waals surface area (Å²) in [5.74, 6) is -2.80. The van der Waals surface area contributed by atoms with Crippen molar-refractivity contribution in [2.24, 2.45) is 0 Å². The SMILES string of the molecule is COC(=O)[C@@H](Cc1cc(Cl)ccc1Br)NC(=O)Cc1ccc(F)cc1F. The first-order valence-corrected chi connectivity index (χ1v) is 8.72. The molecule has 0 bridgehead atoms.